The van der Waals surface area contributed by atoms with Crippen LogP contribution in [0.15, 0.2) is 0 Å². The van der Waals surface area contributed by atoms with Crippen molar-refractivity contribution in [3.8, 4) is 0 Å². The second kappa shape index (κ2) is 6.71. The smallest absolute Gasteiger partial charge is 0.323 e. The number of carboxylic acid groups (broad SMARTS) is 1. The number of hydrogen-bond donors (Lipinski definition) is 2. The molecule has 0 bridgehead atoms. The molecule has 2 fully saturated rings. The van der Waals surface area contributed by atoms with Crippen LogP contribution in [-0.2, 0) is 19.4 Å². The van der Waals surface area contributed by atoms with E-state index >= 15 is 0 Å². The van der Waals surface area contributed by atoms with Gasteiger partial charge in [-0.2, -0.15) is 0 Å². The summed E-state index contributed by atoms with van der Waals surface area (Å²) >= 11 is 0. The van der Waals surface area contributed by atoms with E-state index in [9.17, 15) is 18.0 Å². The highest BCUT2D eigenvalue weighted by atomic mass is 32.2. The summed E-state index contributed by atoms with van der Waals surface area (Å²) in [6.45, 7) is 2.76. The van der Waals surface area contributed by atoms with Crippen molar-refractivity contribution in [1.82, 2.24) is 15.1 Å². The minimum atomic E-state index is -3.15. The fraction of sp³-hybridized carbons (Fsp3) is 0.833. The lowest BCUT2D eigenvalue weighted by Crippen LogP contribution is -2.51. The Balaban J connectivity index is 2.01. The van der Waals surface area contributed by atoms with Crippen molar-refractivity contribution < 1.29 is 23.1 Å². The van der Waals surface area contributed by atoms with E-state index in [0.29, 0.717) is 6.42 Å². The highest BCUT2D eigenvalue weighted by Crippen LogP contribution is 2.18. The Bertz CT molecular complexity index is 501. The first-order chi connectivity index (χ1) is 9.87. The van der Waals surface area contributed by atoms with Crippen LogP contribution in [0.5, 0.6) is 0 Å². The van der Waals surface area contributed by atoms with Crippen LogP contribution < -0.4 is 5.32 Å². The van der Waals surface area contributed by atoms with Crippen LogP contribution in [0.1, 0.15) is 6.42 Å². The fourth-order valence-corrected chi connectivity index (χ4v) is 4.47. The average Bonchev–Trinajstić information content (AvgIpc) is 2.77. The Morgan fingerprint density at radius 3 is 2.48 bits per heavy atom. The van der Waals surface area contributed by atoms with E-state index in [1.165, 1.54) is 4.90 Å². The monoisotopic (exact) mass is 319 g/mol. The van der Waals surface area contributed by atoms with Crippen molar-refractivity contribution in [2.24, 2.45) is 0 Å². The quantitative estimate of drug-likeness (QED) is 0.603. The molecule has 9 heteroatoms. The Hall–Kier alpha value is -1.19. The first kappa shape index (κ1) is 16.2. The molecule has 1 unspecified atom stereocenters. The van der Waals surface area contributed by atoms with E-state index in [2.05, 4.69) is 5.32 Å². The van der Waals surface area contributed by atoms with Gasteiger partial charge in [0.15, 0.2) is 9.84 Å². The van der Waals surface area contributed by atoms with E-state index in [0.717, 1.165) is 26.2 Å². The average molecular weight is 319 g/mol. The topological polar surface area (TPSA) is 107 Å². The van der Waals surface area contributed by atoms with Gasteiger partial charge in [-0.05, 0) is 6.42 Å². The number of amides is 1. The summed E-state index contributed by atoms with van der Waals surface area (Å²) in [5, 5.41) is 12.1. The lowest BCUT2D eigenvalue weighted by Gasteiger charge is -2.31. The third kappa shape index (κ3) is 4.65. The van der Waals surface area contributed by atoms with Crippen LogP contribution in [0.3, 0.4) is 0 Å². The molecule has 8 nitrogen and oxygen atoms in total. The molecule has 0 aromatic carbocycles. The standard InChI is InChI=1S/C12H21N3O5S/c16-11(7-14-4-2-13-3-5-14)15(8-12(17)18)10-1-6-21(19,20)9-10/h10,13H,1-9H2,(H,17,18). The molecule has 0 aromatic rings. The number of hydrogen-bond acceptors (Lipinski definition) is 6. The Morgan fingerprint density at radius 1 is 1.29 bits per heavy atom. The lowest BCUT2D eigenvalue weighted by molar-refractivity contribution is -0.146. The van der Waals surface area contributed by atoms with Gasteiger partial charge in [-0.1, -0.05) is 0 Å². The van der Waals surface area contributed by atoms with E-state index < -0.39 is 28.4 Å². The molecule has 120 valence electrons. The minimum absolute atomic E-state index is 0.0225. The second-order valence-electron chi connectivity index (χ2n) is 5.50. The van der Waals surface area contributed by atoms with Crippen molar-refractivity contribution in [3.05, 3.63) is 0 Å². The fourth-order valence-electron chi connectivity index (χ4n) is 2.74. The first-order valence-corrected chi connectivity index (χ1v) is 8.84. The molecule has 0 radical (unpaired) electrons. The maximum Gasteiger partial charge on any atom is 0.323 e. The van der Waals surface area contributed by atoms with Gasteiger partial charge in [0.1, 0.15) is 6.54 Å². The molecule has 0 aliphatic carbocycles. The molecular formula is C12H21N3O5S. The van der Waals surface area contributed by atoms with Gasteiger partial charge in [-0.3, -0.25) is 14.5 Å². The minimum Gasteiger partial charge on any atom is -0.480 e. The van der Waals surface area contributed by atoms with Gasteiger partial charge in [0.05, 0.1) is 18.1 Å². The Morgan fingerprint density at radius 2 is 1.95 bits per heavy atom. The number of carbonyl (C=O) groups excluding carboxylic acids is 1. The van der Waals surface area contributed by atoms with Crippen LogP contribution in [0.2, 0.25) is 0 Å². The van der Waals surface area contributed by atoms with Crippen LogP contribution >= 0.6 is 0 Å². The predicted molar refractivity (Wildman–Crippen MR) is 75.7 cm³/mol. The Labute approximate surface area is 124 Å². The number of nitrogens with zero attached hydrogens (tertiary/aromatic N) is 2. The van der Waals surface area contributed by atoms with Gasteiger partial charge in [-0.15, -0.1) is 0 Å². The molecule has 2 N–H and O–H groups in total. The molecule has 1 amide bonds. The number of nitrogens with one attached hydrogen (secondary N) is 1. The van der Waals surface area contributed by atoms with E-state index in [-0.39, 0.29) is 24.0 Å². The number of carbonyl (C=O) groups is 2. The van der Waals surface area contributed by atoms with Gasteiger partial charge < -0.3 is 15.3 Å². The van der Waals surface area contributed by atoms with Crippen LogP contribution in [0.4, 0.5) is 0 Å². The third-order valence-electron chi connectivity index (χ3n) is 3.84. The molecule has 2 heterocycles. The zero-order chi connectivity index (χ0) is 15.5. The first-order valence-electron chi connectivity index (χ1n) is 7.02. The molecule has 2 aliphatic rings. The molecule has 0 spiro atoms. The Kier molecular flexibility index (Phi) is 5.17. The van der Waals surface area contributed by atoms with Gasteiger partial charge in [0, 0.05) is 32.2 Å². The predicted octanol–water partition coefficient (Wildman–Crippen LogP) is -2.01. The second-order valence-corrected chi connectivity index (χ2v) is 7.73. The highest BCUT2D eigenvalue weighted by molar-refractivity contribution is 7.91. The molecule has 0 saturated carbocycles. The molecule has 21 heavy (non-hydrogen) atoms. The van der Waals surface area contributed by atoms with E-state index in [1.807, 2.05) is 4.90 Å². The van der Waals surface area contributed by atoms with Gasteiger partial charge in [0.2, 0.25) is 5.91 Å². The summed E-state index contributed by atoms with van der Waals surface area (Å²) in [7, 11) is -3.15. The van der Waals surface area contributed by atoms with Crippen LogP contribution in [-0.4, -0.2) is 92.0 Å². The number of aliphatic carboxylic acids is 1. The van der Waals surface area contributed by atoms with Gasteiger partial charge in [-0.25, -0.2) is 8.42 Å². The maximum absolute atomic E-state index is 12.4. The molecule has 2 rings (SSSR count). The normalized spacial score (nSPS) is 25.6. The van der Waals surface area contributed by atoms with Crippen molar-refractivity contribution in [2.75, 3.05) is 50.8 Å². The van der Waals surface area contributed by atoms with Crippen molar-refractivity contribution in [1.29, 1.82) is 0 Å². The van der Waals surface area contributed by atoms with Crippen molar-refractivity contribution in [2.45, 2.75) is 12.5 Å². The zero-order valence-corrected chi connectivity index (χ0v) is 12.6. The lowest BCUT2D eigenvalue weighted by atomic mass is 10.2. The molecule has 0 aromatic heterocycles. The largest absolute Gasteiger partial charge is 0.480 e. The summed E-state index contributed by atoms with van der Waals surface area (Å²) in [6, 6.07) is -0.512. The third-order valence-corrected chi connectivity index (χ3v) is 5.59. The molecular weight excluding hydrogens is 298 g/mol. The van der Waals surface area contributed by atoms with E-state index in [1.54, 1.807) is 0 Å². The van der Waals surface area contributed by atoms with Crippen molar-refractivity contribution >= 4 is 21.7 Å². The maximum atomic E-state index is 12.4. The van der Waals surface area contributed by atoms with Crippen LogP contribution in [0, 0.1) is 0 Å². The van der Waals surface area contributed by atoms with Gasteiger partial charge >= 0.3 is 5.97 Å². The summed E-state index contributed by atoms with van der Waals surface area (Å²) in [6.07, 6.45) is 0.322. The molecule has 2 saturated heterocycles. The van der Waals surface area contributed by atoms with Crippen LogP contribution in [0.25, 0.3) is 0 Å². The zero-order valence-electron chi connectivity index (χ0n) is 11.8. The number of piperazine rings is 1. The summed E-state index contributed by atoms with van der Waals surface area (Å²) in [5.74, 6) is -1.53. The SMILES string of the molecule is O=C(O)CN(C(=O)CN1CCNCC1)C1CCS(=O)(=O)C1. The highest BCUT2D eigenvalue weighted by Gasteiger charge is 2.35. The summed E-state index contributed by atoms with van der Waals surface area (Å²) in [4.78, 5) is 26.5. The number of sulfone groups is 1. The molecule has 1 atom stereocenters. The van der Waals surface area contributed by atoms with E-state index in [4.69, 9.17) is 5.11 Å². The number of carboxylic acids is 1. The number of rotatable bonds is 5. The molecule has 2 aliphatic heterocycles. The summed E-state index contributed by atoms with van der Waals surface area (Å²) in [5.41, 5.74) is 0. The van der Waals surface area contributed by atoms with Gasteiger partial charge in [0.25, 0.3) is 0 Å². The summed E-state index contributed by atoms with van der Waals surface area (Å²) < 4.78 is 23.1. The van der Waals surface area contributed by atoms with Crippen molar-refractivity contribution in [3.63, 3.8) is 0 Å².